The molecule has 1 rings (SSSR count). The summed E-state index contributed by atoms with van der Waals surface area (Å²) in [4.78, 5) is 0. The van der Waals surface area contributed by atoms with E-state index in [1.54, 1.807) is 18.2 Å². The van der Waals surface area contributed by atoms with Crippen LogP contribution in [0.1, 0.15) is 26.3 Å². The molecule has 0 aliphatic rings. The largest absolute Gasteiger partial charge is 0.379 e. The summed E-state index contributed by atoms with van der Waals surface area (Å²) in [5.74, 6) is 0. The van der Waals surface area contributed by atoms with Gasteiger partial charge in [0.05, 0.1) is 11.3 Å². The minimum atomic E-state index is 0.0177. The van der Waals surface area contributed by atoms with Gasteiger partial charge in [-0.25, -0.2) is 0 Å². The first-order valence-electron chi connectivity index (χ1n) is 5.54. The fourth-order valence-electron chi connectivity index (χ4n) is 1.55. The molecule has 0 radical (unpaired) electrons. The number of nitrogens with one attached hydrogen (secondary N) is 1. The summed E-state index contributed by atoms with van der Waals surface area (Å²) in [5, 5.41) is 12.9. The molecule has 0 aliphatic heterocycles. The Morgan fingerprint density at radius 1 is 1.47 bits per heavy atom. The van der Waals surface area contributed by atoms with Crippen molar-refractivity contribution in [3.05, 3.63) is 28.8 Å². The van der Waals surface area contributed by atoms with E-state index in [1.165, 1.54) is 0 Å². The van der Waals surface area contributed by atoms with Gasteiger partial charge in [0.1, 0.15) is 6.07 Å². The van der Waals surface area contributed by atoms with Crippen molar-refractivity contribution in [3.8, 4) is 6.07 Å². The Labute approximate surface area is 108 Å². The fourth-order valence-corrected chi connectivity index (χ4v) is 1.72. The molecule has 0 saturated carbocycles. The van der Waals surface area contributed by atoms with Crippen LogP contribution in [0.25, 0.3) is 0 Å². The lowest BCUT2D eigenvalue weighted by Crippen LogP contribution is -2.40. The minimum Gasteiger partial charge on any atom is -0.379 e. The number of rotatable bonds is 3. The van der Waals surface area contributed by atoms with E-state index in [0.29, 0.717) is 17.1 Å². The second kappa shape index (κ2) is 5.39. The van der Waals surface area contributed by atoms with Crippen LogP contribution in [-0.2, 0) is 0 Å². The van der Waals surface area contributed by atoms with Crippen LogP contribution in [0.2, 0.25) is 5.02 Å². The van der Waals surface area contributed by atoms with Crippen LogP contribution in [-0.4, -0.2) is 12.6 Å². The van der Waals surface area contributed by atoms with Crippen molar-refractivity contribution in [2.24, 2.45) is 11.1 Å². The zero-order valence-corrected chi connectivity index (χ0v) is 11.2. The highest BCUT2D eigenvalue weighted by atomic mass is 35.5. The maximum absolute atomic E-state index is 9.03. The predicted octanol–water partition coefficient (Wildman–Crippen LogP) is 3.00. The van der Waals surface area contributed by atoms with Gasteiger partial charge in [-0.2, -0.15) is 5.26 Å². The van der Waals surface area contributed by atoms with E-state index in [4.69, 9.17) is 22.6 Å². The molecule has 0 heterocycles. The van der Waals surface area contributed by atoms with Crippen LogP contribution >= 0.6 is 11.6 Å². The molecule has 0 bridgehead atoms. The highest BCUT2D eigenvalue weighted by Gasteiger charge is 2.23. The lowest BCUT2D eigenvalue weighted by atomic mass is 9.86. The Balaban J connectivity index is 3.01. The molecule has 0 aliphatic carbocycles. The molecule has 1 atom stereocenters. The van der Waals surface area contributed by atoms with Gasteiger partial charge in [-0.3, -0.25) is 0 Å². The number of nitriles is 1. The molecule has 17 heavy (non-hydrogen) atoms. The SMILES string of the molecule is CC(C)(C)C(CN)Nc1cc(Cl)ccc1C#N. The number of anilines is 1. The van der Waals surface area contributed by atoms with Crippen molar-refractivity contribution in [3.63, 3.8) is 0 Å². The van der Waals surface area contributed by atoms with Crippen molar-refractivity contribution in [2.45, 2.75) is 26.8 Å². The van der Waals surface area contributed by atoms with Gasteiger partial charge >= 0.3 is 0 Å². The summed E-state index contributed by atoms with van der Waals surface area (Å²) < 4.78 is 0. The van der Waals surface area contributed by atoms with E-state index in [-0.39, 0.29) is 11.5 Å². The quantitative estimate of drug-likeness (QED) is 0.868. The van der Waals surface area contributed by atoms with Crippen molar-refractivity contribution < 1.29 is 0 Å². The van der Waals surface area contributed by atoms with E-state index in [9.17, 15) is 0 Å². The third kappa shape index (κ3) is 3.62. The molecule has 4 heteroatoms. The molecule has 1 aromatic rings. The molecular weight excluding hydrogens is 234 g/mol. The summed E-state index contributed by atoms with van der Waals surface area (Å²) in [7, 11) is 0. The molecule has 0 saturated heterocycles. The highest BCUT2D eigenvalue weighted by Crippen LogP contribution is 2.26. The lowest BCUT2D eigenvalue weighted by Gasteiger charge is -2.31. The van der Waals surface area contributed by atoms with E-state index in [1.807, 2.05) is 0 Å². The summed E-state index contributed by atoms with van der Waals surface area (Å²) in [5.41, 5.74) is 7.10. The minimum absolute atomic E-state index is 0.0177. The third-order valence-electron chi connectivity index (χ3n) is 2.71. The molecule has 0 spiro atoms. The van der Waals surface area contributed by atoms with Gasteiger partial charge in [-0.15, -0.1) is 0 Å². The third-order valence-corrected chi connectivity index (χ3v) is 2.95. The summed E-state index contributed by atoms with van der Waals surface area (Å²) >= 11 is 5.93. The van der Waals surface area contributed by atoms with Gasteiger partial charge in [0, 0.05) is 17.6 Å². The lowest BCUT2D eigenvalue weighted by molar-refractivity contribution is 0.346. The molecule has 92 valence electrons. The maximum Gasteiger partial charge on any atom is 0.101 e. The van der Waals surface area contributed by atoms with Gasteiger partial charge in [-0.1, -0.05) is 32.4 Å². The Hall–Kier alpha value is -1.24. The van der Waals surface area contributed by atoms with E-state index in [0.717, 1.165) is 5.69 Å². The summed E-state index contributed by atoms with van der Waals surface area (Å²) in [6, 6.07) is 7.41. The molecule has 1 unspecified atom stereocenters. The van der Waals surface area contributed by atoms with Crippen LogP contribution in [0.5, 0.6) is 0 Å². The fraction of sp³-hybridized carbons (Fsp3) is 0.462. The molecule has 0 fully saturated rings. The van der Waals surface area contributed by atoms with Gasteiger partial charge in [0.15, 0.2) is 0 Å². The van der Waals surface area contributed by atoms with E-state index < -0.39 is 0 Å². The molecule has 0 amide bonds. The Bertz CT molecular complexity index is 429. The number of benzene rings is 1. The summed E-state index contributed by atoms with van der Waals surface area (Å²) in [6.07, 6.45) is 0. The smallest absolute Gasteiger partial charge is 0.101 e. The van der Waals surface area contributed by atoms with Gasteiger partial charge in [0.2, 0.25) is 0 Å². The van der Waals surface area contributed by atoms with E-state index >= 15 is 0 Å². The topological polar surface area (TPSA) is 61.8 Å². The van der Waals surface area contributed by atoms with Gasteiger partial charge in [-0.05, 0) is 23.6 Å². The van der Waals surface area contributed by atoms with Crippen LogP contribution in [0.15, 0.2) is 18.2 Å². The standard InChI is InChI=1S/C13H18ClN3/c1-13(2,3)12(8-16)17-11-6-10(14)5-4-9(11)7-15/h4-6,12,17H,8,16H2,1-3H3. The second-order valence-corrected chi connectivity index (χ2v) is 5.54. The first-order valence-corrected chi connectivity index (χ1v) is 5.92. The highest BCUT2D eigenvalue weighted by molar-refractivity contribution is 6.30. The number of halogens is 1. The predicted molar refractivity (Wildman–Crippen MR) is 72.1 cm³/mol. The van der Waals surface area contributed by atoms with Crippen molar-refractivity contribution in [1.29, 1.82) is 5.26 Å². The van der Waals surface area contributed by atoms with Crippen LogP contribution < -0.4 is 11.1 Å². The van der Waals surface area contributed by atoms with Crippen molar-refractivity contribution in [2.75, 3.05) is 11.9 Å². The van der Waals surface area contributed by atoms with Crippen molar-refractivity contribution >= 4 is 17.3 Å². The Morgan fingerprint density at radius 3 is 2.59 bits per heavy atom. The van der Waals surface area contributed by atoms with Gasteiger partial charge < -0.3 is 11.1 Å². The average Bonchev–Trinajstić information content (AvgIpc) is 2.24. The van der Waals surface area contributed by atoms with Crippen LogP contribution in [0.4, 0.5) is 5.69 Å². The number of hydrogen-bond acceptors (Lipinski definition) is 3. The van der Waals surface area contributed by atoms with Crippen LogP contribution in [0.3, 0.4) is 0 Å². The number of nitrogens with two attached hydrogens (primary N) is 1. The first-order chi connectivity index (χ1) is 7.88. The molecular formula is C13H18ClN3. The molecule has 3 nitrogen and oxygen atoms in total. The number of nitrogens with zero attached hydrogens (tertiary/aromatic N) is 1. The molecule has 0 aromatic heterocycles. The van der Waals surface area contributed by atoms with Crippen molar-refractivity contribution in [1.82, 2.24) is 0 Å². The normalized spacial score (nSPS) is 12.9. The van der Waals surface area contributed by atoms with Gasteiger partial charge in [0.25, 0.3) is 0 Å². The zero-order valence-electron chi connectivity index (χ0n) is 10.4. The Kier molecular flexibility index (Phi) is 4.39. The number of hydrogen-bond donors (Lipinski definition) is 2. The molecule has 3 N–H and O–H groups in total. The summed E-state index contributed by atoms with van der Waals surface area (Å²) in [6.45, 7) is 6.82. The molecule has 1 aromatic carbocycles. The Morgan fingerprint density at radius 2 is 2.12 bits per heavy atom. The van der Waals surface area contributed by atoms with E-state index in [2.05, 4.69) is 32.2 Å². The monoisotopic (exact) mass is 251 g/mol. The zero-order chi connectivity index (χ0) is 13.1. The van der Waals surface area contributed by atoms with Crippen LogP contribution in [0, 0.1) is 16.7 Å². The second-order valence-electron chi connectivity index (χ2n) is 5.10. The maximum atomic E-state index is 9.03. The first kappa shape index (κ1) is 13.8. The average molecular weight is 252 g/mol.